The zero-order valence-corrected chi connectivity index (χ0v) is 21.8. The van der Waals surface area contributed by atoms with Crippen molar-refractivity contribution in [3.8, 4) is 5.88 Å². The first-order chi connectivity index (χ1) is 15.2. The molecular weight excluding hydrogens is 497 g/mol. The number of aliphatic carboxylic acids is 2. The Kier molecular flexibility index (Phi) is 11.5. The van der Waals surface area contributed by atoms with Gasteiger partial charge in [-0.3, -0.25) is 9.59 Å². The zero-order chi connectivity index (χ0) is 23.3. The number of rotatable bonds is 9. The van der Waals surface area contributed by atoms with Crippen LogP contribution in [0, 0.1) is 0 Å². The number of anilines is 2. The Labute approximate surface area is 241 Å². The molecule has 15 heteroatoms. The van der Waals surface area contributed by atoms with Crippen LogP contribution in [0.15, 0.2) is 30.5 Å². The van der Waals surface area contributed by atoms with Crippen molar-refractivity contribution in [1.82, 2.24) is 25.3 Å². The fraction of sp³-hybridized carbons (Fsp3) is 0.211. The summed E-state index contributed by atoms with van der Waals surface area (Å²) >= 11 is 0. The summed E-state index contributed by atoms with van der Waals surface area (Å²) < 4.78 is 0. The maximum Gasteiger partial charge on any atom is 1.00 e. The molecule has 13 nitrogen and oxygen atoms in total. The first kappa shape index (κ1) is 29.4. The Morgan fingerprint density at radius 2 is 1.74 bits per heavy atom. The number of nitrogen functional groups attached to an aromatic ring is 1. The van der Waals surface area contributed by atoms with Gasteiger partial charge in [0.05, 0.1) is 18.4 Å². The van der Waals surface area contributed by atoms with Crippen LogP contribution in [0.3, 0.4) is 0 Å². The molecule has 3 rings (SSSR count). The number of nitrogens with two attached hydrogens (primary N) is 1. The van der Waals surface area contributed by atoms with Crippen LogP contribution in [0.1, 0.15) is 28.9 Å². The van der Waals surface area contributed by atoms with Crippen molar-refractivity contribution in [1.29, 1.82) is 0 Å². The molecular formula is C19H19ClKN7O6. The largest absolute Gasteiger partial charge is 1.00 e. The first-order valence-corrected chi connectivity index (χ1v) is 9.30. The van der Waals surface area contributed by atoms with Crippen LogP contribution in [0.25, 0.3) is 11.2 Å². The Balaban J connectivity index is 0.00000289. The summed E-state index contributed by atoms with van der Waals surface area (Å²) in [6, 6.07) is 4.89. The topological polar surface area (TPSA) is 214 Å². The van der Waals surface area contributed by atoms with Gasteiger partial charge in [0.15, 0.2) is 11.2 Å². The Morgan fingerprint density at radius 1 is 1.06 bits per heavy atom. The number of carbonyl (C=O) groups excluding carboxylic acids is 1. The monoisotopic (exact) mass is 515 g/mol. The van der Waals surface area contributed by atoms with Crippen LogP contribution >= 0.6 is 0 Å². The fourth-order valence-electron chi connectivity index (χ4n) is 2.73. The van der Waals surface area contributed by atoms with E-state index in [-0.39, 0.29) is 112 Å². The average Bonchev–Trinajstić information content (AvgIpc) is 2.75. The Bertz CT molecular complexity index is 1180. The first-order valence-electron chi connectivity index (χ1n) is 9.30. The maximum absolute atomic E-state index is 12.3. The van der Waals surface area contributed by atoms with E-state index in [1.54, 1.807) is 12.1 Å². The summed E-state index contributed by atoms with van der Waals surface area (Å²) in [6.45, 7) is 0.245. The van der Waals surface area contributed by atoms with Crippen molar-refractivity contribution in [3.05, 3.63) is 41.7 Å². The van der Waals surface area contributed by atoms with E-state index in [9.17, 15) is 19.5 Å². The second-order valence-electron chi connectivity index (χ2n) is 6.67. The molecule has 2 aromatic heterocycles. The Hall–Kier alpha value is -2.62. The minimum atomic E-state index is -1.31. The van der Waals surface area contributed by atoms with E-state index in [1.165, 1.54) is 18.3 Å². The molecule has 0 saturated carbocycles. The smallest absolute Gasteiger partial charge is 1.00 e. The van der Waals surface area contributed by atoms with E-state index in [4.69, 9.17) is 15.9 Å². The molecule has 34 heavy (non-hydrogen) atoms. The quantitative estimate of drug-likeness (QED) is 0.147. The number of carboxylic acid groups (broad SMARTS) is 2. The molecule has 0 saturated heterocycles. The number of nitrogens with zero attached hydrogens (tertiary/aromatic N) is 4. The molecule has 3 aromatic rings. The molecule has 2 heterocycles. The number of aromatic hydroxyl groups is 1. The third-order valence-corrected chi connectivity index (χ3v) is 4.33. The molecule has 7 N–H and O–H groups in total. The molecule has 1 unspecified atom stereocenters. The second kappa shape index (κ2) is 13.3. The molecule has 0 fully saturated rings. The van der Waals surface area contributed by atoms with Crippen LogP contribution in [-0.4, -0.2) is 59.1 Å². The van der Waals surface area contributed by atoms with Gasteiger partial charge in [-0.15, -0.1) is 0 Å². The van der Waals surface area contributed by atoms with Crippen LogP contribution in [0.4, 0.5) is 11.6 Å². The number of amides is 1. The predicted octanol–water partition coefficient (Wildman–Crippen LogP) is -5.62. The summed E-state index contributed by atoms with van der Waals surface area (Å²) in [7, 11) is 0. The maximum atomic E-state index is 12.3. The van der Waals surface area contributed by atoms with Gasteiger partial charge in [0, 0.05) is 17.7 Å². The van der Waals surface area contributed by atoms with E-state index in [2.05, 4.69) is 30.6 Å². The van der Waals surface area contributed by atoms with Gasteiger partial charge >= 0.3 is 63.3 Å². The van der Waals surface area contributed by atoms with Crippen LogP contribution in [-0.2, 0) is 16.1 Å². The van der Waals surface area contributed by atoms with Gasteiger partial charge in [-0.05, 0) is 30.7 Å². The van der Waals surface area contributed by atoms with E-state index < -0.39 is 23.9 Å². The molecule has 1 atom stereocenters. The number of benzene rings is 1. The van der Waals surface area contributed by atoms with E-state index in [0.29, 0.717) is 11.4 Å². The van der Waals surface area contributed by atoms with Gasteiger partial charge in [-0.1, -0.05) is 0 Å². The molecule has 174 valence electrons. The van der Waals surface area contributed by atoms with E-state index >= 15 is 0 Å². The number of nitrogens with one attached hydrogen (secondary N) is 2. The van der Waals surface area contributed by atoms with Gasteiger partial charge in [0.1, 0.15) is 6.04 Å². The van der Waals surface area contributed by atoms with E-state index in [0.717, 1.165) is 0 Å². The number of fused-ring (bicyclic) bond motifs is 1. The molecule has 1 aromatic carbocycles. The van der Waals surface area contributed by atoms with Crippen LogP contribution in [0.5, 0.6) is 5.88 Å². The van der Waals surface area contributed by atoms with Gasteiger partial charge in [0.2, 0.25) is 11.8 Å². The standard InChI is InChI=1S/C19H19N7O6.ClH.K/c20-19-25-15-14(17(30)26-19)23-11(8-22-15)7-21-10-3-1-9(2-4-10)16(29)24-12(18(31)32)5-6-13(27)28;;/h1-4,8,12,21H,5-7H2,(H,24,29)(H,27,28)(H,31,32)(H3,20,22,25,26,30);1H;/q;;+1/p-1. The molecule has 0 bridgehead atoms. The summed E-state index contributed by atoms with van der Waals surface area (Å²) in [5.74, 6) is -3.59. The fourth-order valence-corrected chi connectivity index (χ4v) is 2.73. The van der Waals surface area contributed by atoms with Crippen molar-refractivity contribution < 1.29 is 93.5 Å². The number of carbonyl (C=O) groups is 3. The summed E-state index contributed by atoms with van der Waals surface area (Å²) in [5, 5.41) is 33.1. The third-order valence-electron chi connectivity index (χ3n) is 4.33. The molecule has 0 aliphatic carbocycles. The summed E-state index contributed by atoms with van der Waals surface area (Å²) in [4.78, 5) is 50.0. The second-order valence-corrected chi connectivity index (χ2v) is 6.67. The third kappa shape index (κ3) is 8.00. The van der Waals surface area contributed by atoms with Gasteiger partial charge in [-0.2, -0.15) is 9.97 Å². The van der Waals surface area contributed by atoms with Crippen molar-refractivity contribution >= 4 is 40.6 Å². The minimum absolute atomic E-state index is 0. The van der Waals surface area contributed by atoms with E-state index in [1.807, 2.05) is 0 Å². The van der Waals surface area contributed by atoms with Crippen LogP contribution < -0.4 is 80.2 Å². The molecule has 0 aliphatic heterocycles. The molecule has 1 amide bonds. The SMILES string of the molecule is Nc1nc(O)c2nc(CNc3ccc(C(=O)NC(CCC(=O)O)C(=O)O)cc3)cnc2n1.[Cl-].[K+]. The van der Waals surface area contributed by atoms with Crippen LogP contribution in [0.2, 0.25) is 0 Å². The van der Waals surface area contributed by atoms with Gasteiger partial charge < -0.3 is 44.1 Å². The van der Waals surface area contributed by atoms with Crippen molar-refractivity contribution in [2.45, 2.75) is 25.4 Å². The summed E-state index contributed by atoms with van der Waals surface area (Å²) in [5.41, 5.74) is 7.07. The summed E-state index contributed by atoms with van der Waals surface area (Å²) in [6.07, 6.45) is 0.858. The Morgan fingerprint density at radius 3 is 2.35 bits per heavy atom. The van der Waals surface area contributed by atoms with Crippen molar-refractivity contribution in [3.63, 3.8) is 0 Å². The zero-order valence-electron chi connectivity index (χ0n) is 17.9. The van der Waals surface area contributed by atoms with Crippen molar-refractivity contribution in [2.75, 3.05) is 11.1 Å². The normalized spacial score (nSPS) is 10.9. The number of halogens is 1. The number of aromatic nitrogens is 4. The number of hydrogen-bond donors (Lipinski definition) is 6. The minimum Gasteiger partial charge on any atom is -1.00 e. The molecule has 0 spiro atoms. The number of carboxylic acids is 2. The molecule has 0 aliphatic rings. The van der Waals surface area contributed by atoms with Gasteiger partial charge in [0.25, 0.3) is 5.91 Å². The van der Waals surface area contributed by atoms with Crippen molar-refractivity contribution in [2.24, 2.45) is 0 Å². The predicted molar refractivity (Wildman–Crippen MR) is 111 cm³/mol. The average molecular weight is 516 g/mol. The molecule has 0 radical (unpaired) electrons. The van der Waals surface area contributed by atoms with Gasteiger partial charge in [-0.25, -0.2) is 14.8 Å². The number of hydrogen-bond acceptors (Lipinski definition) is 10.